The third kappa shape index (κ3) is 9.05. The molecule has 0 aliphatic rings. The minimum absolute atomic E-state index is 0.457. The number of halogens is 3. The Bertz CT molecular complexity index is 283. The first kappa shape index (κ1) is 17.5. The second-order valence-electron chi connectivity index (χ2n) is 3.99. The summed E-state index contributed by atoms with van der Waals surface area (Å²) in [6.45, 7) is 6.77. The summed E-state index contributed by atoms with van der Waals surface area (Å²) in [4.78, 5) is 0. The van der Waals surface area contributed by atoms with Crippen molar-refractivity contribution in [2.75, 3.05) is 0 Å². The highest BCUT2D eigenvalue weighted by Gasteiger charge is 2.44. The van der Waals surface area contributed by atoms with Crippen LogP contribution in [0, 0.1) is 0 Å². The quantitative estimate of drug-likeness (QED) is 0.353. The van der Waals surface area contributed by atoms with Crippen LogP contribution in [0.2, 0.25) is 0 Å². The second kappa shape index (κ2) is 5.43. The molecule has 0 amide bonds. The molecule has 0 radical (unpaired) electrons. The standard InChI is InChI=1S/C4H15NSi2.CHF3O3S/c1-4(2,3)5(6)7;2-1(3,4)8(5,6)7/h1-3,6-7H3;(H,5,6,7). The van der Waals surface area contributed by atoms with Crippen LogP contribution >= 0.6 is 0 Å². The fourth-order valence-corrected chi connectivity index (χ4v) is 0. The molecule has 0 saturated carbocycles. The van der Waals surface area contributed by atoms with Gasteiger partial charge >= 0.3 is 15.6 Å². The summed E-state index contributed by atoms with van der Waals surface area (Å²) < 4.78 is 60.0. The maximum Gasteiger partial charge on any atom is 0.522 e. The smallest absolute Gasteiger partial charge is 0.356 e. The molecule has 0 aliphatic heterocycles. The third-order valence-electron chi connectivity index (χ3n) is 1.63. The molecule has 1 N–H and O–H groups in total. The molecule has 10 heteroatoms. The van der Waals surface area contributed by atoms with Gasteiger partial charge in [0.25, 0.3) is 0 Å². The molecule has 0 aromatic carbocycles. The highest BCUT2D eigenvalue weighted by Crippen LogP contribution is 2.20. The van der Waals surface area contributed by atoms with Crippen molar-refractivity contribution in [3.63, 3.8) is 0 Å². The maximum absolute atomic E-state index is 10.7. The minimum Gasteiger partial charge on any atom is -0.356 e. The molecule has 0 fully saturated rings. The van der Waals surface area contributed by atoms with E-state index in [0.717, 1.165) is 0 Å². The lowest BCUT2D eigenvalue weighted by Gasteiger charge is -2.28. The molecular formula is C5H16F3NO3SSi2. The van der Waals surface area contributed by atoms with Gasteiger partial charge in [0.15, 0.2) is 0 Å². The van der Waals surface area contributed by atoms with E-state index in [0.29, 0.717) is 5.54 Å². The van der Waals surface area contributed by atoms with Gasteiger partial charge in [-0.25, -0.2) is 0 Å². The third-order valence-corrected chi connectivity index (χ3v) is 4.90. The van der Waals surface area contributed by atoms with Gasteiger partial charge in [0.1, 0.15) is 0 Å². The summed E-state index contributed by atoms with van der Waals surface area (Å²) >= 11 is 0. The number of hydrogen-bond acceptors (Lipinski definition) is 3. The van der Waals surface area contributed by atoms with E-state index in [-0.39, 0.29) is 0 Å². The summed E-state index contributed by atoms with van der Waals surface area (Å²) in [6, 6.07) is 0. The zero-order valence-electron chi connectivity index (χ0n) is 9.25. The molecule has 0 heterocycles. The van der Waals surface area contributed by atoms with Gasteiger partial charge in [-0.2, -0.15) is 21.6 Å². The lowest BCUT2D eigenvalue weighted by atomic mass is 10.1. The van der Waals surface area contributed by atoms with Crippen LogP contribution in [0.3, 0.4) is 0 Å². The molecule has 0 aromatic rings. The molecule has 0 unspecified atom stereocenters. The van der Waals surface area contributed by atoms with Crippen LogP contribution in [-0.4, -0.2) is 49.1 Å². The zero-order chi connectivity index (χ0) is 13.1. The van der Waals surface area contributed by atoms with Crippen LogP contribution in [0.1, 0.15) is 20.8 Å². The summed E-state index contributed by atoms with van der Waals surface area (Å²) in [5.41, 5.74) is -5.08. The van der Waals surface area contributed by atoms with Gasteiger partial charge in [-0.1, -0.05) is 0 Å². The van der Waals surface area contributed by atoms with Crippen LogP contribution in [-0.2, 0) is 10.1 Å². The molecule has 0 rings (SSSR count). The first-order valence-corrected chi connectivity index (χ1v) is 7.13. The van der Waals surface area contributed by atoms with Crippen LogP contribution in [0.4, 0.5) is 13.2 Å². The van der Waals surface area contributed by atoms with Crippen LogP contribution in [0.5, 0.6) is 0 Å². The van der Waals surface area contributed by atoms with Crippen LogP contribution in [0.25, 0.3) is 0 Å². The Balaban J connectivity index is 0. The Kier molecular flexibility index (Phi) is 6.33. The summed E-state index contributed by atoms with van der Waals surface area (Å²) in [5, 5.41) is 0. The Morgan fingerprint density at radius 2 is 1.27 bits per heavy atom. The number of nitrogens with zero attached hydrogens (tertiary/aromatic N) is 1. The van der Waals surface area contributed by atoms with E-state index in [2.05, 4.69) is 25.0 Å². The Labute approximate surface area is 93.6 Å². The molecule has 0 saturated heterocycles. The lowest BCUT2D eigenvalue weighted by Crippen LogP contribution is -2.36. The van der Waals surface area contributed by atoms with Gasteiger partial charge in [-0.05, 0) is 26.3 Å². The predicted octanol–water partition coefficient (Wildman–Crippen LogP) is -0.958. The molecular weight excluding hydrogens is 267 g/mol. The van der Waals surface area contributed by atoms with Gasteiger partial charge in [0.05, 0.1) is 20.8 Å². The molecule has 0 atom stereocenters. The van der Waals surface area contributed by atoms with Crippen molar-refractivity contribution in [1.82, 2.24) is 4.23 Å². The van der Waals surface area contributed by atoms with Crippen molar-refractivity contribution in [3.05, 3.63) is 0 Å². The highest BCUT2D eigenvalue weighted by molar-refractivity contribution is 7.86. The fourth-order valence-electron chi connectivity index (χ4n) is 0. The first-order chi connectivity index (χ1) is 6.19. The number of rotatable bonds is 0. The molecule has 0 aromatic heterocycles. The average Bonchev–Trinajstić information content (AvgIpc) is 1.80. The van der Waals surface area contributed by atoms with E-state index in [4.69, 9.17) is 13.0 Å². The molecule has 4 nitrogen and oxygen atoms in total. The van der Waals surface area contributed by atoms with E-state index >= 15 is 0 Å². The van der Waals surface area contributed by atoms with Gasteiger partial charge in [0, 0.05) is 0 Å². The van der Waals surface area contributed by atoms with E-state index in [1.54, 1.807) is 0 Å². The molecule has 0 bridgehead atoms. The van der Waals surface area contributed by atoms with E-state index < -0.39 is 15.6 Å². The number of alkyl halides is 3. The Hall–Kier alpha value is 0.0938. The lowest BCUT2D eigenvalue weighted by molar-refractivity contribution is -0.0510. The van der Waals surface area contributed by atoms with E-state index in [1.165, 1.54) is 20.8 Å². The van der Waals surface area contributed by atoms with Crippen molar-refractivity contribution < 1.29 is 26.1 Å². The Morgan fingerprint density at radius 1 is 1.13 bits per heavy atom. The fraction of sp³-hybridized carbons (Fsp3) is 1.00. The van der Waals surface area contributed by atoms with Crippen molar-refractivity contribution >= 4 is 30.9 Å². The summed E-state index contributed by atoms with van der Waals surface area (Å²) in [5.74, 6) is 0. The zero-order valence-corrected chi connectivity index (χ0v) is 14.1. The largest absolute Gasteiger partial charge is 0.522 e. The van der Waals surface area contributed by atoms with Crippen LogP contribution < -0.4 is 0 Å². The van der Waals surface area contributed by atoms with E-state index in [1.807, 2.05) is 0 Å². The molecule has 94 valence electrons. The molecule has 0 spiro atoms. The monoisotopic (exact) mass is 283 g/mol. The van der Waals surface area contributed by atoms with Crippen molar-refractivity contribution in [2.24, 2.45) is 0 Å². The highest BCUT2D eigenvalue weighted by atomic mass is 32.2. The van der Waals surface area contributed by atoms with Crippen molar-refractivity contribution in [2.45, 2.75) is 31.8 Å². The van der Waals surface area contributed by atoms with Crippen molar-refractivity contribution in [1.29, 1.82) is 0 Å². The van der Waals surface area contributed by atoms with Gasteiger partial charge in [-0.3, -0.25) is 4.55 Å². The minimum atomic E-state index is -5.84. The first-order valence-electron chi connectivity index (χ1n) is 3.91. The summed E-state index contributed by atoms with van der Waals surface area (Å²) in [7, 11) is -3.39. The van der Waals surface area contributed by atoms with Gasteiger partial charge < -0.3 is 4.23 Å². The predicted molar refractivity (Wildman–Crippen MR) is 59.1 cm³/mol. The van der Waals surface area contributed by atoms with E-state index in [9.17, 15) is 13.2 Å². The number of hydrogen-bond donors (Lipinski definition) is 1. The Morgan fingerprint density at radius 3 is 1.27 bits per heavy atom. The average molecular weight is 283 g/mol. The van der Waals surface area contributed by atoms with Crippen molar-refractivity contribution in [3.8, 4) is 0 Å². The van der Waals surface area contributed by atoms with Gasteiger partial charge in [-0.15, -0.1) is 0 Å². The van der Waals surface area contributed by atoms with Crippen LogP contribution in [0.15, 0.2) is 0 Å². The molecule has 0 aliphatic carbocycles. The normalized spacial score (nSPS) is 13.9. The summed E-state index contributed by atoms with van der Waals surface area (Å²) in [6.07, 6.45) is 0. The molecule has 15 heavy (non-hydrogen) atoms. The second-order valence-corrected chi connectivity index (χ2v) is 9.87. The van der Waals surface area contributed by atoms with Gasteiger partial charge in [0.2, 0.25) is 0 Å². The SMILES string of the molecule is CC(C)(C)N([SiH3])[SiH3].O=S(=O)(O)C(F)(F)F. The topological polar surface area (TPSA) is 57.6 Å². The maximum atomic E-state index is 10.7.